The number of hydrogen-bond acceptors (Lipinski definition) is 2. The van der Waals surface area contributed by atoms with Crippen molar-refractivity contribution < 1.29 is 9.53 Å². The van der Waals surface area contributed by atoms with Gasteiger partial charge in [-0.3, -0.25) is 0 Å². The van der Waals surface area contributed by atoms with E-state index in [1.807, 2.05) is 20.8 Å². The summed E-state index contributed by atoms with van der Waals surface area (Å²) in [5.41, 5.74) is -0.383. The fraction of sp³-hybridized carbons (Fsp3) is 0.909. The topological polar surface area (TPSA) is 29.5 Å². The number of carbonyl (C=O) groups excluding carboxylic acids is 1. The minimum absolute atomic E-state index is 0.172. The van der Waals surface area contributed by atoms with E-state index in [1.54, 1.807) is 4.90 Å². The molecule has 0 aliphatic carbocycles. The van der Waals surface area contributed by atoms with Crippen molar-refractivity contribution in [3.63, 3.8) is 0 Å². The summed E-state index contributed by atoms with van der Waals surface area (Å²) in [6.07, 6.45) is -0.172. The monoisotopic (exact) mass is 199 g/mol. The highest BCUT2D eigenvalue weighted by atomic mass is 16.6. The molecule has 0 saturated carbocycles. The molecule has 1 aliphatic rings. The number of nitrogens with zero attached hydrogens (tertiary/aromatic N) is 1. The Balaban J connectivity index is 2.48. The lowest BCUT2D eigenvalue weighted by molar-refractivity contribution is 0.0285. The van der Waals surface area contributed by atoms with E-state index in [9.17, 15) is 4.79 Å². The van der Waals surface area contributed by atoms with Gasteiger partial charge in [-0.25, -0.2) is 4.79 Å². The lowest BCUT2D eigenvalue weighted by Gasteiger charge is -2.24. The molecule has 0 spiro atoms. The van der Waals surface area contributed by atoms with Gasteiger partial charge in [0.15, 0.2) is 0 Å². The van der Waals surface area contributed by atoms with Crippen LogP contribution in [0.5, 0.6) is 0 Å². The average molecular weight is 199 g/mol. The fourth-order valence-electron chi connectivity index (χ4n) is 1.61. The molecule has 0 aromatic carbocycles. The minimum atomic E-state index is -0.383. The third kappa shape index (κ3) is 2.89. The summed E-state index contributed by atoms with van der Waals surface area (Å²) in [6.45, 7) is 11.7. The smallest absolute Gasteiger partial charge is 0.410 e. The van der Waals surface area contributed by atoms with Crippen LogP contribution in [0.15, 0.2) is 0 Å². The number of rotatable bonds is 0. The normalized spacial score (nSPS) is 27.9. The van der Waals surface area contributed by atoms with Gasteiger partial charge < -0.3 is 9.64 Å². The van der Waals surface area contributed by atoms with Crippen LogP contribution < -0.4 is 0 Å². The number of carbonyl (C=O) groups is 1. The van der Waals surface area contributed by atoms with Crippen molar-refractivity contribution in [3.8, 4) is 0 Å². The van der Waals surface area contributed by atoms with Gasteiger partial charge in [0.05, 0.1) is 0 Å². The first-order valence-corrected chi connectivity index (χ1v) is 5.27. The van der Waals surface area contributed by atoms with Crippen LogP contribution in [-0.4, -0.2) is 29.7 Å². The first-order valence-electron chi connectivity index (χ1n) is 5.27. The quantitative estimate of drug-likeness (QED) is 0.600. The summed E-state index contributed by atoms with van der Waals surface area (Å²) in [4.78, 5) is 13.5. The van der Waals surface area contributed by atoms with E-state index in [1.165, 1.54) is 0 Å². The average Bonchev–Trinajstić information content (AvgIpc) is 2.28. The molecular formula is C11H21NO2. The number of ether oxygens (including phenoxy) is 1. The van der Waals surface area contributed by atoms with Gasteiger partial charge in [-0.1, -0.05) is 13.8 Å². The van der Waals surface area contributed by atoms with Crippen LogP contribution in [0, 0.1) is 11.8 Å². The molecule has 3 heteroatoms. The zero-order chi connectivity index (χ0) is 10.9. The maximum absolute atomic E-state index is 11.7. The van der Waals surface area contributed by atoms with Gasteiger partial charge in [-0.2, -0.15) is 0 Å². The molecule has 1 heterocycles. The van der Waals surface area contributed by atoms with E-state index in [4.69, 9.17) is 4.74 Å². The molecule has 82 valence electrons. The van der Waals surface area contributed by atoms with Gasteiger partial charge in [-0.05, 0) is 32.6 Å². The van der Waals surface area contributed by atoms with Crippen molar-refractivity contribution in [2.45, 2.75) is 40.2 Å². The van der Waals surface area contributed by atoms with Crippen molar-refractivity contribution in [2.24, 2.45) is 11.8 Å². The van der Waals surface area contributed by atoms with Crippen molar-refractivity contribution in [3.05, 3.63) is 0 Å². The van der Waals surface area contributed by atoms with Crippen molar-refractivity contribution >= 4 is 6.09 Å². The largest absolute Gasteiger partial charge is 0.444 e. The van der Waals surface area contributed by atoms with Crippen molar-refractivity contribution in [1.82, 2.24) is 4.90 Å². The molecule has 0 aromatic heterocycles. The van der Waals surface area contributed by atoms with E-state index in [0.717, 1.165) is 13.1 Å². The molecule has 1 aliphatic heterocycles. The molecule has 14 heavy (non-hydrogen) atoms. The van der Waals surface area contributed by atoms with Crippen LogP contribution in [0.25, 0.3) is 0 Å². The molecule has 0 N–H and O–H groups in total. The second kappa shape index (κ2) is 3.79. The maximum atomic E-state index is 11.7. The second-order valence-electron chi connectivity index (χ2n) is 5.34. The van der Waals surface area contributed by atoms with E-state index < -0.39 is 0 Å². The van der Waals surface area contributed by atoms with Gasteiger partial charge in [0, 0.05) is 13.1 Å². The Morgan fingerprint density at radius 2 is 1.64 bits per heavy atom. The lowest BCUT2D eigenvalue weighted by atomic mass is 10.0. The fourth-order valence-corrected chi connectivity index (χ4v) is 1.61. The Kier molecular flexibility index (Phi) is 3.07. The molecule has 0 bridgehead atoms. The van der Waals surface area contributed by atoms with E-state index in [-0.39, 0.29) is 11.7 Å². The van der Waals surface area contributed by atoms with E-state index in [2.05, 4.69) is 13.8 Å². The van der Waals surface area contributed by atoms with Crippen molar-refractivity contribution in [1.29, 1.82) is 0 Å². The first kappa shape index (κ1) is 11.3. The Hall–Kier alpha value is -0.730. The van der Waals surface area contributed by atoms with E-state index in [0.29, 0.717) is 11.8 Å². The van der Waals surface area contributed by atoms with Crippen LogP contribution in [0.1, 0.15) is 34.6 Å². The molecule has 1 saturated heterocycles. The maximum Gasteiger partial charge on any atom is 0.410 e. The summed E-state index contributed by atoms with van der Waals surface area (Å²) < 4.78 is 5.31. The SMILES string of the molecule is C[C@H]1CN(C(=O)OC(C)(C)C)C[C@@H]1C. The number of amides is 1. The zero-order valence-corrected chi connectivity index (χ0v) is 9.83. The molecule has 2 atom stereocenters. The van der Waals surface area contributed by atoms with Crippen LogP contribution in [0.3, 0.4) is 0 Å². The summed E-state index contributed by atoms with van der Waals surface area (Å²) in [7, 11) is 0. The summed E-state index contributed by atoms with van der Waals surface area (Å²) in [6, 6.07) is 0. The van der Waals surface area contributed by atoms with Gasteiger partial charge in [-0.15, -0.1) is 0 Å². The summed E-state index contributed by atoms with van der Waals surface area (Å²) in [5.74, 6) is 1.17. The van der Waals surface area contributed by atoms with Gasteiger partial charge in [0.2, 0.25) is 0 Å². The zero-order valence-electron chi connectivity index (χ0n) is 9.83. The van der Waals surface area contributed by atoms with Crippen LogP contribution in [-0.2, 0) is 4.74 Å². The van der Waals surface area contributed by atoms with Crippen LogP contribution in [0.4, 0.5) is 4.79 Å². The Morgan fingerprint density at radius 1 is 1.21 bits per heavy atom. The molecule has 0 unspecified atom stereocenters. The molecular weight excluding hydrogens is 178 g/mol. The molecule has 0 aromatic rings. The molecule has 1 rings (SSSR count). The molecule has 1 fully saturated rings. The Bertz CT molecular complexity index is 210. The van der Waals surface area contributed by atoms with E-state index >= 15 is 0 Å². The highest BCUT2D eigenvalue weighted by molar-refractivity contribution is 5.68. The molecule has 3 nitrogen and oxygen atoms in total. The Morgan fingerprint density at radius 3 is 2.00 bits per heavy atom. The number of hydrogen-bond donors (Lipinski definition) is 0. The standard InChI is InChI=1S/C11H21NO2/c1-8-6-12(7-9(8)2)10(13)14-11(3,4)5/h8-9H,6-7H2,1-5H3/t8-,9-/m0/s1. The second-order valence-corrected chi connectivity index (χ2v) is 5.34. The molecule has 0 radical (unpaired) electrons. The van der Waals surface area contributed by atoms with Crippen LogP contribution >= 0.6 is 0 Å². The lowest BCUT2D eigenvalue weighted by Crippen LogP contribution is -2.35. The highest BCUT2D eigenvalue weighted by Gasteiger charge is 2.31. The minimum Gasteiger partial charge on any atom is -0.444 e. The molecule has 1 amide bonds. The number of likely N-dealkylation sites (tertiary alicyclic amines) is 1. The third-order valence-electron chi connectivity index (χ3n) is 2.64. The predicted molar refractivity (Wildman–Crippen MR) is 56.1 cm³/mol. The van der Waals surface area contributed by atoms with Gasteiger partial charge >= 0.3 is 6.09 Å². The summed E-state index contributed by atoms with van der Waals surface area (Å²) >= 11 is 0. The Labute approximate surface area is 86.4 Å². The summed E-state index contributed by atoms with van der Waals surface area (Å²) in [5, 5.41) is 0. The third-order valence-corrected chi connectivity index (χ3v) is 2.64. The highest BCUT2D eigenvalue weighted by Crippen LogP contribution is 2.23. The first-order chi connectivity index (χ1) is 6.29. The van der Waals surface area contributed by atoms with Crippen LogP contribution in [0.2, 0.25) is 0 Å². The van der Waals surface area contributed by atoms with Gasteiger partial charge in [0.1, 0.15) is 5.60 Å². The van der Waals surface area contributed by atoms with Gasteiger partial charge in [0.25, 0.3) is 0 Å². The predicted octanol–water partition coefficient (Wildman–Crippen LogP) is 2.51. The van der Waals surface area contributed by atoms with Crippen molar-refractivity contribution in [2.75, 3.05) is 13.1 Å².